The first kappa shape index (κ1) is 12.4. The highest BCUT2D eigenvalue weighted by Gasteiger charge is 2.30. The summed E-state index contributed by atoms with van der Waals surface area (Å²) in [7, 11) is -3.50. The quantitative estimate of drug-likeness (QED) is 0.895. The molecule has 3 rings (SSSR count). The van der Waals surface area contributed by atoms with E-state index >= 15 is 0 Å². The topological polar surface area (TPSA) is 83.4 Å². The van der Waals surface area contributed by atoms with Crippen molar-refractivity contribution in [3.8, 4) is 0 Å². The number of fused-ring (bicyclic) bond motifs is 1. The van der Waals surface area contributed by atoms with E-state index in [1.165, 1.54) is 16.4 Å². The average Bonchev–Trinajstić information content (AvgIpc) is 2.93. The average molecular weight is 282 g/mol. The molecule has 1 aliphatic heterocycles. The molecule has 1 aliphatic rings. The molecule has 1 N–H and O–H groups in total. The molecular formula is C12H14N2O4S. The van der Waals surface area contributed by atoms with E-state index in [9.17, 15) is 13.2 Å². The van der Waals surface area contributed by atoms with Crippen LogP contribution in [0, 0.1) is 5.92 Å². The van der Waals surface area contributed by atoms with Gasteiger partial charge in [-0.05, 0) is 24.5 Å². The summed E-state index contributed by atoms with van der Waals surface area (Å²) in [5.74, 6) is -0.206. The number of oxazole rings is 1. The molecule has 1 aromatic carbocycles. The first-order chi connectivity index (χ1) is 8.96. The number of hydrogen-bond donors (Lipinski definition) is 1. The molecule has 2 heterocycles. The zero-order chi connectivity index (χ0) is 13.6. The first-order valence-electron chi connectivity index (χ1n) is 6.10. The lowest BCUT2D eigenvalue weighted by atomic mass is 10.2. The molecule has 102 valence electrons. The van der Waals surface area contributed by atoms with Gasteiger partial charge in [-0.15, -0.1) is 0 Å². The van der Waals surface area contributed by atoms with Gasteiger partial charge in [0.15, 0.2) is 5.58 Å². The summed E-state index contributed by atoms with van der Waals surface area (Å²) in [6.07, 6.45) is 0.876. The van der Waals surface area contributed by atoms with E-state index in [1.54, 1.807) is 6.07 Å². The molecule has 1 aromatic heterocycles. The van der Waals surface area contributed by atoms with Gasteiger partial charge in [0.05, 0.1) is 10.4 Å². The second kappa shape index (κ2) is 4.21. The third-order valence-electron chi connectivity index (χ3n) is 3.42. The Morgan fingerprint density at radius 3 is 2.89 bits per heavy atom. The van der Waals surface area contributed by atoms with Crippen molar-refractivity contribution in [3.63, 3.8) is 0 Å². The van der Waals surface area contributed by atoms with Crippen LogP contribution in [-0.4, -0.2) is 30.8 Å². The van der Waals surface area contributed by atoms with Crippen molar-refractivity contribution >= 4 is 21.1 Å². The van der Waals surface area contributed by atoms with E-state index < -0.39 is 15.8 Å². The number of H-pyrrole nitrogens is 1. The lowest BCUT2D eigenvalue weighted by Gasteiger charge is -2.15. The fraction of sp³-hybridized carbons (Fsp3) is 0.417. The maximum absolute atomic E-state index is 12.4. The predicted octanol–water partition coefficient (Wildman–Crippen LogP) is 1.15. The van der Waals surface area contributed by atoms with Crippen molar-refractivity contribution in [2.45, 2.75) is 18.2 Å². The van der Waals surface area contributed by atoms with Crippen LogP contribution in [0.2, 0.25) is 0 Å². The maximum atomic E-state index is 12.4. The maximum Gasteiger partial charge on any atom is 0.417 e. The largest absolute Gasteiger partial charge is 0.417 e. The lowest BCUT2D eigenvalue weighted by Crippen LogP contribution is -2.28. The molecule has 0 radical (unpaired) electrons. The molecule has 0 spiro atoms. The molecule has 19 heavy (non-hydrogen) atoms. The van der Waals surface area contributed by atoms with Gasteiger partial charge in [-0.1, -0.05) is 6.92 Å². The Kier molecular flexibility index (Phi) is 2.75. The standard InChI is InChI=1S/C12H14N2O4S/c1-8-4-5-14(7-8)19(16,17)9-2-3-10-11(6-9)18-12(15)13-10/h2-3,6,8H,4-5,7H2,1H3,(H,13,15). The minimum absolute atomic E-state index is 0.164. The van der Waals surface area contributed by atoms with Crippen molar-refractivity contribution in [2.75, 3.05) is 13.1 Å². The molecule has 0 amide bonds. The monoisotopic (exact) mass is 282 g/mol. The van der Waals surface area contributed by atoms with Crippen LogP contribution in [0.5, 0.6) is 0 Å². The van der Waals surface area contributed by atoms with Crippen molar-refractivity contribution in [3.05, 3.63) is 28.7 Å². The molecule has 0 bridgehead atoms. The van der Waals surface area contributed by atoms with Crippen molar-refractivity contribution < 1.29 is 12.8 Å². The normalized spacial score (nSPS) is 21.2. The highest BCUT2D eigenvalue weighted by atomic mass is 32.2. The molecule has 7 heteroatoms. The van der Waals surface area contributed by atoms with E-state index in [4.69, 9.17) is 4.42 Å². The number of nitrogens with zero attached hydrogens (tertiary/aromatic N) is 1. The van der Waals surface area contributed by atoms with Gasteiger partial charge in [0.2, 0.25) is 10.0 Å². The van der Waals surface area contributed by atoms with Gasteiger partial charge in [-0.3, -0.25) is 4.98 Å². The number of hydrogen-bond acceptors (Lipinski definition) is 4. The molecule has 1 atom stereocenters. The third kappa shape index (κ3) is 2.08. The van der Waals surface area contributed by atoms with Crippen molar-refractivity contribution in [2.24, 2.45) is 5.92 Å². The number of aromatic nitrogens is 1. The van der Waals surface area contributed by atoms with Gasteiger partial charge in [0.25, 0.3) is 0 Å². The number of aromatic amines is 1. The highest BCUT2D eigenvalue weighted by Crippen LogP contribution is 2.25. The number of nitrogens with one attached hydrogen (secondary N) is 1. The molecule has 2 aromatic rings. The Balaban J connectivity index is 2.05. The van der Waals surface area contributed by atoms with Crippen LogP contribution in [0.15, 0.2) is 32.3 Å². The predicted molar refractivity (Wildman–Crippen MR) is 69.4 cm³/mol. The van der Waals surface area contributed by atoms with E-state index in [1.807, 2.05) is 6.92 Å². The Morgan fingerprint density at radius 1 is 1.42 bits per heavy atom. The van der Waals surface area contributed by atoms with Gasteiger partial charge >= 0.3 is 5.76 Å². The molecule has 0 saturated carbocycles. The van der Waals surface area contributed by atoms with E-state index in [0.717, 1.165) is 6.42 Å². The van der Waals surface area contributed by atoms with Crippen LogP contribution in [0.4, 0.5) is 0 Å². The first-order valence-corrected chi connectivity index (χ1v) is 7.54. The summed E-state index contributed by atoms with van der Waals surface area (Å²) in [6, 6.07) is 4.43. The SMILES string of the molecule is CC1CCN(S(=O)(=O)c2ccc3[nH]c(=O)oc3c2)C1. The minimum atomic E-state index is -3.50. The summed E-state index contributed by atoms with van der Waals surface area (Å²) in [6.45, 7) is 3.11. The van der Waals surface area contributed by atoms with Gasteiger partial charge in [-0.25, -0.2) is 13.2 Å². The second-order valence-corrected chi connectivity index (χ2v) is 6.87. The van der Waals surface area contributed by atoms with Crippen molar-refractivity contribution in [1.82, 2.24) is 9.29 Å². The van der Waals surface area contributed by atoms with Gasteiger partial charge in [0.1, 0.15) is 0 Å². The summed E-state index contributed by atoms with van der Waals surface area (Å²) in [4.78, 5) is 13.7. The van der Waals surface area contributed by atoms with Crippen LogP contribution in [-0.2, 0) is 10.0 Å². The Labute approximate surface area is 110 Å². The number of rotatable bonds is 2. The fourth-order valence-electron chi connectivity index (χ4n) is 2.35. The Morgan fingerprint density at radius 2 is 2.21 bits per heavy atom. The van der Waals surface area contributed by atoms with Crippen LogP contribution >= 0.6 is 0 Å². The molecular weight excluding hydrogens is 268 g/mol. The van der Waals surface area contributed by atoms with E-state index in [-0.39, 0.29) is 10.5 Å². The highest BCUT2D eigenvalue weighted by molar-refractivity contribution is 7.89. The lowest BCUT2D eigenvalue weighted by molar-refractivity contribution is 0.464. The van der Waals surface area contributed by atoms with Crippen LogP contribution in [0.1, 0.15) is 13.3 Å². The fourth-order valence-corrected chi connectivity index (χ4v) is 3.94. The van der Waals surface area contributed by atoms with E-state index in [2.05, 4.69) is 4.98 Å². The second-order valence-electron chi connectivity index (χ2n) is 4.93. The van der Waals surface area contributed by atoms with Crippen LogP contribution in [0.3, 0.4) is 0 Å². The smallest absolute Gasteiger partial charge is 0.408 e. The molecule has 1 fully saturated rings. The van der Waals surface area contributed by atoms with Crippen molar-refractivity contribution in [1.29, 1.82) is 0 Å². The summed E-state index contributed by atoms with van der Waals surface area (Å²) in [5, 5.41) is 0. The number of benzene rings is 1. The van der Waals surface area contributed by atoms with Gasteiger partial charge in [0, 0.05) is 19.2 Å². The summed E-state index contributed by atoms with van der Waals surface area (Å²) in [5.41, 5.74) is 0.761. The summed E-state index contributed by atoms with van der Waals surface area (Å²) < 4.78 is 31.2. The van der Waals surface area contributed by atoms with Crippen LogP contribution < -0.4 is 5.76 Å². The van der Waals surface area contributed by atoms with Gasteiger partial charge < -0.3 is 4.42 Å². The molecule has 1 unspecified atom stereocenters. The Bertz CT molecular complexity index is 774. The zero-order valence-electron chi connectivity index (χ0n) is 10.4. The van der Waals surface area contributed by atoms with Crippen LogP contribution in [0.25, 0.3) is 11.1 Å². The molecule has 6 nitrogen and oxygen atoms in total. The third-order valence-corrected chi connectivity index (χ3v) is 5.28. The van der Waals surface area contributed by atoms with E-state index in [0.29, 0.717) is 24.5 Å². The zero-order valence-corrected chi connectivity index (χ0v) is 11.2. The van der Waals surface area contributed by atoms with Gasteiger partial charge in [-0.2, -0.15) is 4.31 Å². The number of sulfonamides is 1. The summed E-state index contributed by atoms with van der Waals surface area (Å²) >= 11 is 0. The molecule has 0 aliphatic carbocycles. The molecule has 1 saturated heterocycles. The Hall–Kier alpha value is -1.60. The minimum Gasteiger partial charge on any atom is -0.408 e.